The van der Waals surface area contributed by atoms with Crippen molar-refractivity contribution in [2.45, 2.75) is 20.0 Å². The number of amides is 1. The van der Waals surface area contributed by atoms with Crippen LogP contribution in [0.3, 0.4) is 0 Å². The van der Waals surface area contributed by atoms with Gasteiger partial charge in [0.15, 0.2) is 23.0 Å². The Bertz CT molecular complexity index is 1300. The van der Waals surface area contributed by atoms with Crippen molar-refractivity contribution < 1.29 is 33.2 Å². The molecular weight excluding hydrogens is 476 g/mol. The van der Waals surface area contributed by atoms with Crippen LogP contribution in [0, 0.1) is 6.92 Å². The van der Waals surface area contributed by atoms with Crippen molar-refractivity contribution in [1.29, 1.82) is 0 Å². The number of nitrogens with one attached hydrogen (secondary N) is 1. The van der Waals surface area contributed by atoms with Crippen LogP contribution >= 0.6 is 0 Å². The summed E-state index contributed by atoms with van der Waals surface area (Å²) in [6.45, 7) is 4.55. The van der Waals surface area contributed by atoms with Gasteiger partial charge in [-0.2, -0.15) is 0 Å². The lowest BCUT2D eigenvalue weighted by Crippen LogP contribution is -2.34. The molecule has 3 heterocycles. The number of hydrogen-bond donors (Lipinski definition) is 1. The number of hydrogen-bond acceptors (Lipinski definition) is 8. The molecule has 192 valence electrons. The standard InChI is InChI=1S/C28H28N2O7/c1-16-4-6-17(7-5-16)28(31)29-8-9-30-12-18-10-20(32-2)24-26(36-14-34-24)22(18)23-19(13-30)11-21(33-3)25-27(23)37-15-35-25/h4-7,10-11H,8-9,12-15H2,1-3H3,(H,29,31). The minimum atomic E-state index is -0.0919. The zero-order chi connectivity index (χ0) is 25.5. The summed E-state index contributed by atoms with van der Waals surface area (Å²) in [7, 11) is 3.23. The Morgan fingerprint density at radius 2 is 1.35 bits per heavy atom. The summed E-state index contributed by atoms with van der Waals surface area (Å²) in [4.78, 5) is 14.9. The highest BCUT2D eigenvalue weighted by molar-refractivity contribution is 5.94. The predicted molar refractivity (Wildman–Crippen MR) is 135 cm³/mol. The van der Waals surface area contributed by atoms with Gasteiger partial charge in [0.2, 0.25) is 25.1 Å². The molecule has 3 aromatic rings. The summed E-state index contributed by atoms with van der Waals surface area (Å²) in [5.74, 6) is 3.56. The molecule has 0 spiro atoms. The highest BCUT2D eigenvalue weighted by Gasteiger charge is 2.36. The summed E-state index contributed by atoms with van der Waals surface area (Å²) in [5, 5.41) is 3.04. The second kappa shape index (κ2) is 9.40. The largest absolute Gasteiger partial charge is 0.493 e. The van der Waals surface area contributed by atoms with Crippen molar-refractivity contribution in [1.82, 2.24) is 10.2 Å². The molecule has 0 fully saturated rings. The Kier molecular flexibility index (Phi) is 5.92. The first kappa shape index (κ1) is 23.3. The van der Waals surface area contributed by atoms with E-state index in [1.165, 1.54) is 0 Å². The van der Waals surface area contributed by atoms with E-state index in [9.17, 15) is 4.79 Å². The fourth-order valence-electron chi connectivity index (χ4n) is 5.11. The lowest BCUT2D eigenvalue weighted by molar-refractivity contribution is 0.0947. The van der Waals surface area contributed by atoms with Crippen LogP contribution in [0.4, 0.5) is 0 Å². The SMILES string of the molecule is COc1cc2c(c3c1OCO3)-c1c(cc(OC)c3c1OCO3)CN(CCNC(=O)c1ccc(C)cc1)C2. The topological polar surface area (TPSA) is 87.7 Å². The van der Waals surface area contributed by atoms with Gasteiger partial charge in [0.05, 0.1) is 14.2 Å². The van der Waals surface area contributed by atoms with Crippen LogP contribution in [0.25, 0.3) is 11.1 Å². The van der Waals surface area contributed by atoms with Crippen molar-refractivity contribution in [2.75, 3.05) is 40.9 Å². The van der Waals surface area contributed by atoms with Gasteiger partial charge in [-0.25, -0.2) is 0 Å². The molecule has 0 bridgehead atoms. The lowest BCUT2D eigenvalue weighted by atomic mass is 9.93. The van der Waals surface area contributed by atoms with Crippen molar-refractivity contribution in [3.05, 3.63) is 58.7 Å². The Labute approximate surface area is 214 Å². The first-order chi connectivity index (χ1) is 18.1. The minimum absolute atomic E-state index is 0.0919. The zero-order valence-electron chi connectivity index (χ0n) is 21.0. The first-order valence-electron chi connectivity index (χ1n) is 12.1. The van der Waals surface area contributed by atoms with Crippen LogP contribution in [-0.2, 0) is 13.1 Å². The fraction of sp³-hybridized carbons (Fsp3) is 0.321. The van der Waals surface area contributed by atoms with Gasteiger partial charge < -0.3 is 33.7 Å². The van der Waals surface area contributed by atoms with Gasteiger partial charge in [0.1, 0.15) is 0 Å². The maximum atomic E-state index is 12.7. The molecule has 0 saturated carbocycles. The van der Waals surface area contributed by atoms with E-state index in [0.29, 0.717) is 66.2 Å². The summed E-state index contributed by atoms with van der Waals surface area (Å²) in [5.41, 5.74) is 5.58. The molecule has 6 rings (SSSR count). The zero-order valence-corrected chi connectivity index (χ0v) is 21.0. The van der Waals surface area contributed by atoms with Crippen LogP contribution in [0.2, 0.25) is 0 Å². The monoisotopic (exact) mass is 504 g/mol. The van der Waals surface area contributed by atoms with E-state index in [1.54, 1.807) is 14.2 Å². The molecule has 0 atom stereocenters. The number of fused-ring (bicyclic) bond motifs is 7. The van der Waals surface area contributed by atoms with E-state index in [0.717, 1.165) is 27.8 Å². The molecule has 3 aliphatic rings. The van der Waals surface area contributed by atoms with Crippen LogP contribution < -0.4 is 33.7 Å². The average molecular weight is 505 g/mol. The number of carbonyl (C=O) groups excluding carboxylic acids is 1. The van der Waals surface area contributed by atoms with Gasteiger partial charge in [-0.3, -0.25) is 9.69 Å². The van der Waals surface area contributed by atoms with Gasteiger partial charge in [-0.05, 0) is 42.3 Å². The van der Waals surface area contributed by atoms with Crippen LogP contribution in [0.1, 0.15) is 27.0 Å². The van der Waals surface area contributed by atoms with Gasteiger partial charge in [-0.1, -0.05) is 17.7 Å². The predicted octanol–water partition coefficient (Wildman–Crippen LogP) is 3.88. The van der Waals surface area contributed by atoms with Gasteiger partial charge in [-0.15, -0.1) is 0 Å². The Morgan fingerprint density at radius 3 is 1.86 bits per heavy atom. The quantitative estimate of drug-likeness (QED) is 0.541. The summed E-state index contributed by atoms with van der Waals surface area (Å²) in [6.07, 6.45) is 0. The normalized spacial score (nSPS) is 15.0. The molecule has 0 radical (unpaired) electrons. The van der Waals surface area contributed by atoms with Crippen molar-refractivity contribution in [3.63, 3.8) is 0 Å². The number of methoxy groups -OCH3 is 2. The van der Waals surface area contributed by atoms with E-state index in [1.807, 2.05) is 43.3 Å². The van der Waals surface area contributed by atoms with E-state index in [-0.39, 0.29) is 19.5 Å². The molecular formula is C28H28N2O7. The first-order valence-corrected chi connectivity index (χ1v) is 12.1. The maximum Gasteiger partial charge on any atom is 0.251 e. The molecule has 0 unspecified atom stereocenters. The van der Waals surface area contributed by atoms with Gasteiger partial charge >= 0.3 is 0 Å². The molecule has 0 aromatic heterocycles. The third kappa shape index (κ3) is 4.05. The minimum Gasteiger partial charge on any atom is -0.493 e. The van der Waals surface area contributed by atoms with Crippen molar-refractivity contribution >= 4 is 5.91 Å². The number of rotatable bonds is 6. The van der Waals surface area contributed by atoms with Crippen LogP contribution in [0.5, 0.6) is 34.5 Å². The molecule has 1 N–H and O–H groups in total. The average Bonchev–Trinajstić information content (AvgIpc) is 3.56. The lowest BCUT2D eigenvalue weighted by Gasteiger charge is -2.22. The van der Waals surface area contributed by atoms with Crippen LogP contribution in [0.15, 0.2) is 36.4 Å². The Morgan fingerprint density at radius 1 is 0.838 bits per heavy atom. The van der Waals surface area contributed by atoms with E-state index in [2.05, 4.69) is 10.2 Å². The molecule has 3 aliphatic heterocycles. The van der Waals surface area contributed by atoms with Crippen molar-refractivity contribution in [2.24, 2.45) is 0 Å². The van der Waals surface area contributed by atoms with E-state index >= 15 is 0 Å². The van der Waals surface area contributed by atoms with E-state index < -0.39 is 0 Å². The summed E-state index contributed by atoms with van der Waals surface area (Å²) < 4.78 is 34.7. The van der Waals surface area contributed by atoms with Crippen molar-refractivity contribution in [3.8, 4) is 45.6 Å². The Balaban J connectivity index is 1.36. The van der Waals surface area contributed by atoms with Gasteiger partial charge in [0.25, 0.3) is 5.91 Å². The Hall–Kier alpha value is -4.11. The fourth-order valence-corrected chi connectivity index (χ4v) is 5.11. The molecule has 9 heteroatoms. The number of aryl methyl sites for hydroxylation is 1. The maximum absolute atomic E-state index is 12.7. The molecule has 1 amide bonds. The number of carbonyl (C=O) groups is 1. The molecule has 0 saturated heterocycles. The summed E-state index contributed by atoms with van der Waals surface area (Å²) in [6, 6.07) is 11.5. The smallest absolute Gasteiger partial charge is 0.251 e. The number of ether oxygens (including phenoxy) is 6. The second-order valence-electron chi connectivity index (χ2n) is 9.19. The van der Waals surface area contributed by atoms with E-state index in [4.69, 9.17) is 28.4 Å². The summed E-state index contributed by atoms with van der Waals surface area (Å²) >= 11 is 0. The molecule has 37 heavy (non-hydrogen) atoms. The molecule has 9 nitrogen and oxygen atoms in total. The van der Waals surface area contributed by atoms with Gasteiger partial charge in [0, 0.05) is 42.9 Å². The highest BCUT2D eigenvalue weighted by atomic mass is 16.7. The third-order valence-corrected chi connectivity index (χ3v) is 6.89. The third-order valence-electron chi connectivity index (χ3n) is 6.89. The number of benzene rings is 3. The highest BCUT2D eigenvalue weighted by Crippen LogP contribution is 2.57. The van der Waals surface area contributed by atoms with Crippen LogP contribution in [-0.4, -0.2) is 51.7 Å². The molecule has 0 aliphatic carbocycles. The second-order valence-corrected chi connectivity index (χ2v) is 9.19. The molecule has 3 aromatic carbocycles. The number of nitrogens with zero attached hydrogens (tertiary/aromatic N) is 1.